The van der Waals surface area contributed by atoms with Crippen LogP contribution in [0.15, 0.2) is 12.4 Å². The molecule has 0 aliphatic heterocycles. The quantitative estimate of drug-likeness (QED) is 0.783. The maximum atomic E-state index is 5.87. The third kappa shape index (κ3) is 2.06. The molecule has 7 heteroatoms. The number of aryl methyl sites for hydroxylation is 1. The average molecular weight is 324 g/mol. The van der Waals surface area contributed by atoms with Gasteiger partial charge in [0.15, 0.2) is 0 Å². The van der Waals surface area contributed by atoms with Gasteiger partial charge in [-0.1, -0.05) is 16.8 Å². The van der Waals surface area contributed by atoms with E-state index < -0.39 is 0 Å². The van der Waals surface area contributed by atoms with E-state index in [4.69, 9.17) is 11.6 Å². The highest BCUT2D eigenvalue weighted by Gasteiger charge is 2.05. The Labute approximate surface area is 99.2 Å². The van der Waals surface area contributed by atoms with Crippen LogP contribution in [0, 0.1) is 3.70 Å². The normalized spacial score (nSPS) is 10.8. The molecule has 0 fully saturated rings. The van der Waals surface area contributed by atoms with Crippen molar-refractivity contribution < 1.29 is 0 Å². The summed E-state index contributed by atoms with van der Waals surface area (Å²) in [6, 6.07) is 0. The van der Waals surface area contributed by atoms with Gasteiger partial charge in [0.25, 0.3) is 0 Å². The first-order valence-electron chi connectivity index (χ1n) is 3.89. The fourth-order valence-corrected chi connectivity index (χ4v) is 1.66. The fourth-order valence-electron chi connectivity index (χ4n) is 1.09. The van der Waals surface area contributed by atoms with E-state index in [1.807, 2.05) is 13.2 Å². The molecule has 0 amide bonds. The van der Waals surface area contributed by atoms with Crippen molar-refractivity contribution in [3.05, 3.63) is 26.8 Å². The summed E-state index contributed by atoms with van der Waals surface area (Å²) in [4.78, 5) is 0. The van der Waals surface area contributed by atoms with Gasteiger partial charge in [0.05, 0.1) is 11.6 Å². The molecule has 0 spiro atoms. The van der Waals surface area contributed by atoms with E-state index in [1.165, 1.54) is 0 Å². The van der Waals surface area contributed by atoms with Crippen LogP contribution >= 0.6 is 34.2 Å². The summed E-state index contributed by atoms with van der Waals surface area (Å²) >= 11 is 7.96. The van der Waals surface area contributed by atoms with Crippen LogP contribution in [-0.4, -0.2) is 24.8 Å². The van der Waals surface area contributed by atoms with Crippen LogP contribution < -0.4 is 0 Å². The van der Waals surface area contributed by atoms with Crippen LogP contribution in [0.3, 0.4) is 0 Å². The van der Waals surface area contributed by atoms with Crippen molar-refractivity contribution in [2.75, 3.05) is 0 Å². The summed E-state index contributed by atoms with van der Waals surface area (Å²) in [5, 5.41) is 12.7. The molecule has 0 bridgehead atoms. The fraction of sp³-hybridized carbons (Fsp3) is 0.286. The van der Waals surface area contributed by atoms with E-state index in [0.717, 1.165) is 9.39 Å². The highest BCUT2D eigenvalue weighted by Crippen LogP contribution is 2.15. The Kier molecular flexibility index (Phi) is 2.73. The second-order valence-electron chi connectivity index (χ2n) is 2.85. The molecule has 0 N–H and O–H groups in total. The van der Waals surface area contributed by atoms with E-state index in [-0.39, 0.29) is 0 Å². The lowest BCUT2D eigenvalue weighted by Crippen LogP contribution is -2.00. The smallest absolute Gasteiger partial charge is 0.141 e. The minimum Gasteiger partial charge on any atom is -0.264 e. The van der Waals surface area contributed by atoms with Gasteiger partial charge in [-0.3, -0.25) is 9.36 Å². The van der Waals surface area contributed by atoms with Gasteiger partial charge >= 0.3 is 0 Å². The number of aromatic nitrogens is 5. The van der Waals surface area contributed by atoms with E-state index >= 15 is 0 Å². The molecule has 5 nitrogen and oxygen atoms in total. The molecule has 0 saturated carbocycles. The Bertz CT molecular complexity index is 429. The molecule has 74 valence electrons. The summed E-state index contributed by atoms with van der Waals surface area (Å²) in [6.07, 6.45) is 3.63. The van der Waals surface area contributed by atoms with Crippen LogP contribution in [0.5, 0.6) is 0 Å². The van der Waals surface area contributed by atoms with E-state index in [0.29, 0.717) is 11.6 Å². The largest absolute Gasteiger partial charge is 0.264 e. The highest BCUT2D eigenvalue weighted by atomic mass is 127. The maximum absolute atomic E-state index is 5.87. The predicted octanol–water partition coefficient (Wildman–Crippen LogP) is 1.32. The average Bonchev–Trinajstić information content (AvgIpc) is 2.62. The van der Waals surface area contributed by atoms with E-state index in [9.17, 15) is 0 Å². The minimum absolute atomic E-state index is 0.594. The van der Waals surface area contributed by atoms with Crippen LogP contribution in [0.4, 0.5) is 0 Å². The van der Waals surface area contributed by atoms with Gasteiger partial charge < -0.3 is 0 Å². The molecule has 0 aliphatic carbocycles. The van der Waals surface area contributed by atoms with Crippen molar-refractivity contribution in [3.63, 3.8) is 0 Å². The Morgan fingerprint density at radius 1 is 1.50 bits per heavy atom. The molecule has 2 aromatic rings. The monoisotopic (exact) mass is 323 g/mol. The minimum atomic E-state index is 0.594. The van der Waals surface area contributed by atoms with Crippen molar-refractivity contribution >= 4 is 34.2 Å². The van der Waals surface area contributed by atoms with Crippen molar-refractivity contribution in [1.29, 1.82) is 0 Å². The van der Waals surface area contributed by atoms with Crippen LogP contribution in [0.2, 0.25) is 5.02 Å². The lowest BCUT2D eigenvalue weighted by Gasteiger charge is -1.94. The standard InChI is InChI=1S/C7H7ClIN5/c1-13-2-5(10-12-13)3-14-4-6(8)7(9)11-14/h2,4H,3H2,1H3. The number of rotatable bonds is 2. The summed E-state index contributed by atoms with van der Waals surface area (Å²) in [5.41, 5.74) is 0.864. The predicted molar refractivity (Wildman–Crippen MR) is 60.1 cm³/mol. The molecule has 0 radical (unpaired) electrons. The molecule has 0 atom stereocenters. The maximum Gasteiger partial charge on any atom is 0.141 e. The summed E-state index contributed by atoms with van der Waals surface area (Å²) in [5.74, 6) is 0. The lowest BCUT2D eigenvalue weighted by molar-refractivity contribution is 0.663. The molecule has 0 aromatic carbocycles. The lowest BCUT2D eigenvalue weighted by atomic mass is 10.5. The van der Waals surface area contributed by atoms with Crippen molar-refractivity contribution in [3.8, 4) is 0 Å². The second kappa shape index (κ2) is 3.85. The molecule has 0 unspecified atom stereocenters. The summed E-state index contributed by atoms with van der Waals surface area (Å²) in [7, 11) is 1.83. The van der Waals surface area contributed by atoms with Gasteiger partial charge in [0.2, 0.25) is 0 Å². The molecule has 2 heterocycles. The zero-order valence-electron chi connectivity index (χ0n) is 7.35. The van der Waals surface area contributed by atoms with Crippen LogP contribution in [0.25, 0.3) is 0 Å². The Hall–Kier alpha value is -0.630. The van der Waals surface area contributed by atoms with Crippen LogP contribution in [0.1, 0.15) is 5.69 Å². The molecule has 14 heavy (non-hydrogen) atoms. The molecular weight excluding hydrogens is 316 g/mol. The Morgan fingerprint density at radius 3 is 2.79 bits per heavy atom. The van der Waals surface area contributed by atoms with Gasteiger partial charge in [0, 0.05) is 19.4 Å². The zero-order valence-corrected chi connectivity index (χ0v) is 10.3. The molecule has 2 rings (SSSR count). The molecule has 2 aromatic heterocycles. The third-order valence-corrected chi connectivity index (χ3v) is 3.04. The van der Waals surface area contributed by atoms with Crippen molar-refractivity contribution in [2.24, 2.45) is 7.05 Å². The van der Waals surface area contributed by atoms with Gasteiger partial charge in [-0.05, 0) is 22.6 Å². The topological polar surface area (TPSA) is 48.5 Å². The third-order valence-electron chi connectivity index (χ3n) is 1.65. The molecule has 0 saturated heterocycles. The van der Waals surface area contributed by atoms with Gasteiger partial charge in [-0.25, -0.2) is 0 Å². The molecule has 0 aliphatic rings. The SMILES string of the molecule is Cn1cc(Cn2cc(Cl)c(I)n2)nn1. The van der Waals surface area contributed by atoms with Gasteiger partial charge in [0.1, 0.15) is 9.39 Å². The first-order valence-corrected chi connectivity index (χ1v) is 5.34. The van der Waals surface area contributed by atoms with E-state index in [2.05, 4.69) is 38.0 Å². The number of hydrogen-bond acceptors (Lipinski definition) is 3. The second-order valence-corrected chi connectivity index (χ2v) is 4.28. The van der Waals surface area contributed by atoms with Gasteiger partial charge in [-0.2, -0.15) is 5.10 Å². The van der Waals surface area contributed by atoms with Gasteiger partial charge in [-0.15, -0.1) is 5.10 Å². The first kappa shape index (κ1) is 9.91. The highest BCUT2D eigenvalue weighted by molar-refractivity contribution is 14.1. The number of nitrogens with zero attached hydrogens (tertiary/aromatic N) is 5. The zero-order chi connectivity index (χ0) is 10.1. The first-order chi connectivity index (χ1) is 6.65. The van der Waals surface area contributed by atoms with Crippen molar-refractivity contribution in [2.45, 2.75) is 6.54 Å². The van der Waals surface area contributed by atoms with Crippen LogP contribution in [-0.2, 0) is 13.6 Å². The summed E-state index contributed by atoms with van der Waals surface area (Å²) in [6.45, 7) is 0.594. The number of halogens is 2. The Balaban J connectivity index is 2.18. The molecular formula is C7H7ClIN5. The van der Waals surface area contributed by atoms with Crippen molar-refractivity contribution in [1.82, 2.24) is 24.8 Å². The number of hydrogen-bond donors (Lipinski definition) is 0. The van der Waals surface area contributed by atoms with E-state index in [1.54, 1.807) is 15.6 Å². The summed E-state index contributed by atoms with van der Waals surface area (Å²) < 4.78 is 4.20. The Morgan fingerprint density at radius 2 is 2.29 bits per heavy atom.